The molecule has 0 fully saturated rings. The fourth-order valence-corrected chi connectivity index (χ4v) is 2.74. The number of nitro benzene ring substituents is 1. The van der Waals surface area contributed by atoms with Gasteiger partial charge >= 0.3 is 11.9 Å². The second kappa shape index (κ2) is 8.47. The molecular formula is C19H20N2O7. The first-order chi connectivity index (χ1) is 13.2. The van der Waals surface area contributed by atoms with Crippen molar-refractivity contribution in [2.24, 2.45) is 0 Å². The van der Waals surface area contributed by atoms with Gasteiger partial charge in [-0.05, 0) is 39.3 Å². The van der Waals surface area contributed by atoms with Crippen molar-refractivity contribution in [3.05, 3.63) is 62.5 Å². The standard InChI is InChI=1S/C19H20N2O7/c1-5-27-19(24)15-10(2)16(20-11(15)3)17(22)12(4)28-18(23)13-7-6-8-14(9-13)21(25)26/h6-9,12,20H,5H2,1-4H3/t12-/m1/s1. The quantitative estimate of drug-likeness (QED) is 0.334. The van der Waals surface area contributed by atoms with Gasteiger partial charge in [0.2, 0.25) is 5.78 Å². The summed E-state index contributed by atoms with van der Waals surface area (Å²) >= 11 is 0. The summed E-state index contributed by atoms with van der Waals surface area (Å²) in [5.41, 5.74) is 0.974. The van der Waals surface area contributed by atoms with Crippen molar-refractivity contribution in [2.75, 3.05) is 6.61 Å². The molecule has 0 saturated heterocycles. The molecule has 1 atom stereocenters. The number of carbonyl (C=O) groups is 3. The van der Waals surface area contributed by atoms with Crippen molar-refractivity contribution in [3.63, 3.8) is 0 Å². The average molecular weight is 388 g/mol. The minimum atomic E-state index is -1.17. The van der Waals surface area contributed by atoms with Gasteiger partial charge in [0.1, 0.15) is 0 Å². The molecule has 0 aliphatic heterocycles. The number of esters is 2. The highest BCUT2D eigenvalue weighted by Crippen LogP contribution is 2.22. The number of aromatic nitrogens is 1. The van der Waals surface area contributed by atoms with E-state index >= 15 is 0 Å². The molecule has 0 saturated carbocycles. The van der Waals surface area contributed by atoms with Gasteiger partial charge in [-0.2, -0.15) is 0 Å². The van der Waals surface area contributed by atoms with Gasteiger partial charge in [0.15, 0.2) is 6.10 Å². The van der Waals surface area contributed by atoms with E-state index in [1.807, 2.05) is 0 Å². The molecule has 2 aromatic rings. The Labute approximate surface area is 160 Å². The van der Waals surface area contributed by atoms with Gasteiger partial charge < -0.3 is 14.5 Å². The minimum Gasteiger partial charge on any atom is -0.462 e. The maximum atomic E-state index is 12.7. The van der Waals surface area contributed by atoms with E-state index in [1.54, 1.807) is 20.8 Å². The van der Waals surface area contributed by atoms with Gasteiger partial charge in [-0.3, -0.25) is 14.9 Å². The lowest BCUT2D eigenvalue weighted by molar-refractivity contribution is -0.384. The average Bonchev–Trinajstić information content (AvgIpc) is 2.95. The van der Waals surface area contributed by atoms with E-state index in [-0.39, 0.29) is 29.1 Å². The molecule has 1 aromatic carbocycles. The predicted octanol–water partition coefficient (Wildman–Crippen LogP) is 3.14. The lowest BCUT2D eigenvalue weighted by Crippen LogP contribution is -2.25. The number of ketones is 1. The molecule has 0 spiro atoms. The molecular weight excluding hydrogens is 368 g/mol. The topological polar surface area (TPSA) is 129 Å². The second-order valence-corrected chi connectivity index (χ2v) is 6.06. The summed E-state index contributed by atoms with van der Waals surface area (Å²) in [5, 5.41) is 10.8. The minimum absolute atomic E-state index is 0.0412. The second-order valence-electron chi connectivity index (χ2n) is 6.06. The van der Waals surface area contributed by atoms with E-state index in [9.17, 15) is 24.5 Å². The number of carbonyl (C=O) groups excluding carboxylic acids is 3. The number of H-pyrrole nitrogens is 1. The number of Topliss-reactive ketones (excluding diaryl/α,β-unsaturated/α-hetero) is 1. The molecule has 0 aliphatic carbocycles. The van der Waals surface area contributed by atoms with Gasteiger partial charge in [0.25, 0.3) is 5.69 Å². The van der Waals surface area contributed by atoms with Crippen molar-refractivity contribution in [1.82, 2.24) is 4.98 Å². The molecule has 0 bridgehead atoms. The molecule has 0 unspecified atom stereocenters. The Balaban J connectivity index is 2.20. The van der Waals surface area contributed by atoms with E-state index in [0.29, 0.717) is 11.3 Å². The Kier molecular flexibility index (Phi) is 6.29. The van der Waals surface area contributed by atoms with Gasteiger partial charge in [-0.15, -0.1) is 0 Å². The molecule has 0 radical (unpaired) electrons. The number of aryl methyl sites for hydroxylation is 1. The van der Waals surface area contributed by atoms with E-state index in [2.05, 4.69) is 4.98 Å². The number of hydrogen-bond acceptors (Lipinski definition) is 7. The maximum Gasteiger partial charge on any atom is 0.340 e. The lowest BCUT2D eigenvalue weighted by Gasteiger charge is -2.12. The SMILES string of the molecule is CCOC(=O)c1c(C)[nH]c(C(=O)[C@@H](C)OC(=O)c2cccc([N+](=O)[O-])c2)c1C. The number of hydrogen-bond donors (Lipinski definition) is 1. The molecule has 1 heterocycles. The molecule has 9 nitrogen and oxygen atoms in total. The number of ether oxygens (including phenoxy) is 2. The highest BCUT2D eigenvalue weighted by Gasteiger charge is 2.28. The van der Waals surface area contributed by atoms with Crippen LogP contribution in [0.5, 0.6) is 0 Å². The van der Waals surface area contributed by atoms with Crippen molar-refractivity contribution < 1.29 is 28.8 Å². The fraction of sp³-hybridized carbons (Fsp3) is 0.316. The maximum absolute atomic E-state index is 12.7. The normalized spacial score (nSPS) is 11.6. The van der Waals surface area contributed by atoms with Crippen LogP contribution >= 0.6 is 0 Å². The predicted molar refractivity (Wildman–Crippen MR) is 98.5 cm³/mol. The van der Waals surface area contributed by atoms with Crippen LogP contribution in [-0.4, -0.2) is 40.3 Å². The third-order valence-electron chi connectivity index (χ3n) is 4.11. The first-order valence-corrected chi connectivity index (χ1v) is 8.53. The number of benzene rings is 1. The van der Waals surface area contributed by atoms with Crippen molar-refractivity contribution in [3.8, 4) is 0 Å². The van der Waals surface area contributed by atoms with Crippen molar-refractivity contribution in [1.29, 1.82) is 0 Å². The number of nitrogens with zero attached hydrogens (tertiary/aromatic N) is 1. The monoisotopic (exact) mass is 388 g/mol. The van der Waals surface area contributed by atoms with Crippen LogP contribution < -0.4 is 0 Å². The number of nitro groups is 1. The van der Waals surface area contributed by atoms with Gasteiger partial charge in [-0.1, -0.05) is 6.07 Å². The van der Waals surface area contributed by atoms with Crippen LogP contribution in [0.1, 0.15) is 56.3 Å². The molecule has 9 heteroatoms. The number of nitrogens with one attached hydrogen (secondary N) is 1. The molecule has 28 heavy (non-hydrogen) atoms. The fourth-order valence-electron chi connectivity index (χ4n) is 2.74. The summed E-state index contributed by atoms with van der Waals surface area (Å²) in [4.78, 5) is 50.0. The van der Waals surface area contributed by atoms with E-state index in [1.165, 1.54) is 25.1 Å². The number of non-ortho nitro benzene ring substituents is 1. The summed E-state index contributed by atoms with van der Waals surface area (Å²) in [6.07, 6.45) is -1.17. The third kappa shape index (κ3) is 4.25. The summed E-state index contributed by atoms with van der Waals surface area (Å²) in [6, 6.07) is 5.02. The molecule has 2 rings (SSSR count). The Morgan fingerprint density at radius 1 is 1.21 bits per heavy atom. The van der Waals surface area contributed by atoms with Crippen LogP contribution in [0.15, 0.2) is 24.3 Å². The van der Waals surface area contributed by atoms with E-state index in [0.717, 1.165) is 6.07 Å². The molecule has 1 aromatic heterocycles. The highest BCUT2D eigenvalue weighted by atomic mass is 16.6. The summed E-state index contributed by atoms with van der Waals surface area (Å²) < 4.78 is 10.1. The van der Waals surface area contributed by atoms with Gasteiger partial charge in [-0.25, -0.2) is 9.59 Å². The summed E-state index contributed by atoms with van der Waals surface area (Å²) in [6.45, 7) is 6.49. The Hall–Kier alpha value is -3.49. The molecule has 0 amide bonds. The van der Waals surface area contributed by atoms with E-state index in [4.69, 9.17) is 9.47 Å². The Morgan fingerprint density at radius 2 is 1.89 bits per heavy atom. The zero-order valence-corrected chi connectivity index (χ0v) is 15.9. The van der Waals surface area contributed by atoms with Crippen LogP contribution in [0, 0.1) is 24.0 Å². The van der Waals surface area contributed by atoms with Gasteiger partial charge in [0.05, 0.1) is 28.4 Å². The number of aromatic amines is 1. The van der Waals surface area contributed by atoms with E-state index < -0.39 is 28.7 Å². The van der Waals surface area contributed by atoms with Crippen molar-refractivity contribution in [2.45, 2.75) is 33.8 Å². The highest BCUT2D eigenvalue weighted by molar-refractivity contribution is 6.04. The zero-order chi connectivity index (χ0) is 21.0. The van der Waals surface area contributed by atoms with Gasteiger partial charge in [0, 0.05) is 17.8 Å². The number of rotatable bonds is 7. The smallest absolute Gasteiger partial charge is 0.340 e. The molecule has 0 aliphatic rings. The van der Waals surface area contributed by atoms with Crippen LogP contribution in [0.3, 0.4) is 0 Å². The molecule has 148 valence electrons. The van der Waals surface area contributed by atoms with Crippen molar-refractivity contribution >= 4 is 23.4 Å². The Morgan fingerprint density at radius 3 is 2.50 bits per heavy atom. The third-order valence-corrected chi connectivity index (χ3v) is 4.11. The van der Waals surface area contributed by atoms with Crippen LogP contribution in [0.25, 0.3) is 0 Å². The zero-order valence-electron chi connectivity index (χ0n) is 15.9. The Bertz CT molecular complexity index is 946. The summed E-state index contributed by atoms with van der Waals surface area (Å²) in [7, 11) is 0. The summed E-state index contributed by atoms with van der Waals surface area (Å²) in [5.74, 6) is -1.94. The first kappa shape index (κ1) is 20.8. The van der Waals surface area contributed by atoms with Crippen LogP contribution in [0.4, 0.5) is 5.69 Å². The first-order valence-electron chi connectivity index (χ1n) is 8.53. The van der Waals surface area contributed by atoms with Crippen LogP contribution in [0.2, 0.25) is 0 Å². The largest absolute Gasteiger partial charge is 0.462 e. The lowest BCUT2D eigenvalue weighted by atomic mass is 10.1. The van der Waals surface area contributed by atoms with Crippen LogP contribution in [-0.2, 0) is 9.47 Å². The molecule has 1 N–H and O–H groups in total.